The van der Waals surface area contributed by atoms with Crippen molar-refractivity contribution in [2.45, 2.75) is 26.9 Å². The van der Waals surface area contributed by atoms with Crippen molar-refractivity contribution in [2.75, 3.05) is 0 Å². The summed E-state index contributed by atoms with van der Waals surface area (Å²) in [4.78, 5) is 4.54. The zero-order valence-corrected chi connectivity index (χ0v) is 12.9. The van der Waals surface area contributed by atoms with Gasteiger partial charge in [0.1, 0.15) is 23.8 Å². The molecular formula is C19H19NO2. The van der Waals surface area contributed by atoms with Crippen LogP contribution in [-0.4, -0.2) is 4.98 Å². The molecule has 0 fully saturated rings. The van der Waals surface area contributed by atoms with Crippen LogP contribution in [0.4, 0.5) is 0 Å². The van der Waals surface area contributed by atoms with Gasteiger partial charge in [-0.3, -0.25) is 0 Å². The molecule has 3 rings (SSSR count). The largest absolute Gasteiger partial charge is 0.487 e. The summed E-state index contributed by atoms with van der Waals surface area (Å²) in [5.41, 5.74) is 3.11. The van der Waals surface area contributed by atoms with Gasteiger partial charge in [-0.2, -0.15) is 0 Å². The zero-order chi connectivity index (χ0) is 15.4. The molecule has 0 atom stereocenters. The third-order valence-corrected chi connectivity index (χ3v) is 3.62. The number of aryl methyl sites for hydroxylation is 2. The highest BCUT2D eigenvalue weighted by molar-refractivity contribution is 5.53. The quantitative estimate of drug-likeness (QED) is 0.678. The normalized spacial score (nSPS) is 10.6. The van der Waals surface area contributed by atoms with Crippen molar-refractivity contribution >= 4 is 0 Å². The minimum absolute atomic E-state index is 0.410. The number of oxazole rings is 1. The van der Waals surface area contributed by atoms with E-state index in [1.54, 1.807) is 0 Å². The fraction of sp³-hybridized carbons (Fsp3) is 0.211. The molecule has 1 aromatic heterocycles. The molecule has 0 unspecified atom stereocenters. The second-order valence-electron chi connectivity index (χ2n) is 5.17. The second-order valence-corrected chi connectivity index (χ2v) is 5.17. The molecule has 112 valence electrons. The highest BCUT2D eigenvalue weighted by atomic mass is 16.5. The van der Waals surface area contributed by atoms with Gasteiger partial charge in [0, 0.05) is 5.56 Å². The van der Waals surface area contributed by atoms with Crippen LogP contribution in [-0.2, 0) is 13.0 Å². The van der Waals surface area contributed by atoms with Crippen LogP contribution in [0.3, 0.4) is 0 Å². The van der Waals surface area contributed by atoms with Gasteiger partial charge in [-0.15, -0.1) is 0 Å². The van der Waals surface area contributed by atoms with E-state index < -0.39 is 0 Å². The topological polar surface area (TPSA) is 35.3 Å². The summed E-state index contributed by atoms with van der Waals surface area (Å²) in [6.07, 6.45) is 1.03. The number of benzene rings is 2. The minimum Gasteiger partial charge on any atom is -0.487 e. The lowest BCUT2D eigenvalue weighted by atomic mass is 10.2. The predicted molar refractivity (Wildman–Crippen MR) is 86.8 cm³/mol. The number of hydrogen-bond acceptors (Lipinski definition) is 3. The Kier molecular flexibility index (Phi) is 4.24. The van der Waals surface area contributed by atoms with Gasteiger partial charge in [0.05, 0.1) is 0 Å². The second kappa shape index (κ2) is 6.48. The molecule has 1 heterocycles. The first kappa shape index (κ1) is 14.4. The van der Waals surface area contributed by atoms with Crippen molar-refractivity contribution in [2.24, 2.45) is 0 Å². The number of rotatable bonds is 5. The van der Waals surface area contributed by atoms with Crippen molar-refractivity contribution in [3.8, 4) is 17.2 Å². The summed E-state index contributed by atoms with van der Waals surface area (Å²) in [7, 11) is 0. The fourth-order valence-electron chi connectivity index (χ4n) is 2.24. The average Bonchev–Trinajstić information content (AvgIpc) is 2.95. The molecule has 0 saturated heterocycles. The van der Waals surface area contributed by atoms with Gasteiger partial charge >= 0.3 is 0 Å². The Balaban J connectivity index is 1.71. The van der Waals surface area contributed by atoms with Gasteiger partial charge in [0.2, 0.25) is 5.89 Å². The Bertz CT molecular complexity index is 730. The SMILES string of the molecule is CCc1ccc(OCc2nc(-c3ccccc3)oc2C)cc1. The van der Waals surface area contributed by atoms with Crippen LogP contribution in [0.1, 0.15) is 23.9 Å². The summed E-state index contributed by atoms with van der Waals surface area (Å²) in [6, 6.07) is 18.0. The third-order valence-electron chi connectivity index (χ3n) is 3.62. The van der Waals surface area contributed by atoms with E-state index in [4.69, 9.17) is 9.15 Å². The van der Waals surface area contributed by atoms with Gasteiger partial charge in [-0.05, 0) is 43.2 Å². The first-order valence-electron chi connectivity index (χ1n) is 7.49. The van der Waals surface area contributed by atoms with Crippen molar-refractivity contribution in [1.29, 1.82) is 0 Å². The Labute approximate surface area is 130 Å². The van der Waals surface area contributed by atoms with Crippen LogP contribution in [0, 0.1) is 6.92 Å². The number of nitrogens with zero attached hydrogens (tertiary/aromatic N) is 1. The molecule has 0 aliphatic heterocycles. The standard InChI is InChI=1S/C19H19NO2/c1-3-15-9-11-17(12-10-15)21-13-18-14(2)22-19(20-18)16-7-5-4-6-8-16/h4-12H,3,13H2,1-2H3. The number of aromatic nitrogens is 1. The maximum Gasteiger partial charge on any atom is 0.226 e. The molecule has 0 amide bonds. The average molecular weight is 293 g/mol. The number of hydrogen-bond donors (Lipinski definition) is 0. The lowest BCUT2D eigenvalue weighted by Gasteiger charge is -2.05. The number of ether oxygens (including phenoxy) is 1. The molecule has 0 saturated carbocycles. The molecule has 0 aliphatic carbocycles. The maximum atomic E-state index is 5.80. The van der Waals surface area contributed by atoms with Gasteiger partial charge in [0.15, 0.2) is 0 Å². The fourth-order valence-corrected chi connectivity index (χ4v) is 2.24. The van der Waals surface area contributed by atoms with Gasteiger partial charge in [-0.25, -0.2) is 4.98 Å². The highest BCUT2D eigenvalue weighted by Gasteiger charge is 2.11. The van der Waals surface area contributed by atoms with Crippen LogP contribution >= 0.6 is 0 Å². The van der Waals surface area contributed by atoms with E-state index in [2.05, 4.69) is 24.0 Å². The molecular weight excluding hydrogens is 274 g/mol. The predicted octanol–water partition coefficient (Wildman–Crippen LogP) is 4.79. The van der Waals surface area contributed by atoms with Crippen molar-refractivity contribution in [1.82, 2.24) is 4.98 Å². The molecule has 0 aliphatic rings. The van der Waals surface area contributed by atoms with E-state index in [0.29, 0.717) is 12.5 Å². The lowest BCUT2D eigenvalue weighted by molar-refractivity contribution is 0.299. The molecule has 0 bridgehead atoms. The van der Waals surface area contributed by atoms with Crippen LogP contribution < -0.4 is 4.74 Å². The van der Waals surface area contributed by atoms with Crippen molar-refractivity contribution < 1.29 is 9.15 Å². The van der Waals surface area contributed by atoms with Crippen molar-refractivity contribution in [3.05, 3.63) is 71.6 Å². The van der Waals surface area contributed by atoms with E-state index in [9.17, 15) is 0 Å². The lowest BCUT2D eigenvalue weighted by Crippen LogP contribution is -1.97. The van der Waals surface area contributed by atoms with Crippen LogP contribution in [0.15, 0.2) is 59.0 Å². The van der Waals surface area contributed by atoms with E-state index in [1.165, 1.54) is 5.56 Å². The Morgan fingerprint density at radius 2 is 1.73 bits per heavy atom. The molecule has 3 nitrogen and oxygen atoms in total. The van der Waals surface area contributed by atoms with Crippen LogP contribution in [0.25, 0.3) is 11.5 Å². The molecule has 0 radical (unpaired) electrons. The van der Waals surface area contributed by atoms with E-state index >= 15 is 0 Å². The Hall–Kier alpha value is -2.55. The highest BCUT2D eigenvalue weighted by Crippen LogP contribution is 2.22. The van der Waals surface area contributed by atoms with E-state index in [-0.39, 0.29) is 0 Å². The van der Waals surface area contributed by atoms with E-state index in [1.807, 2.05) is 49.4 Å². The molecule has 22 heavy (non-hydrogen) atoms. The molecule has 0 N–H and O–H groups in total. The Morgan fingerprint density at radius 1 is 1.00 bits per heavy atom. The first-order chi connectivity index (χ1) is 10.8. The van der Waals surface area contributed by atoms with Crippen molar-refractivity contribution in [3.63, 3.8) is 0 Å². The van der Waals surface area contributed by atoms with Crippen LogP contribution in [0.2, 0.25) is 0 Å². The van der Waals surface area contributed by atoms with E-state index in [0.717, 1.165) is 29.2 Å². The zero-order valence-electron chi connectivity index (χ0n) is 12.9. The minimum atomic E-state index is 0.410. The van der Waals surface area contributed by atoms with Gasteiger partial charge in [-0.1, -0.05) is 37.3 Å². The molecule has 3 heteroatoms. The maximum absolute atomic E-state index is 5.80. The third kappa shape index (κ3) is 3.19. The monoisotopic (exact) mass is 293 g/mol. The summed E-state index contributed by atoms with van der Waals surface area (Å²) < 4.78 is 11.5. The summed E-state index contributed by atoms with van der Waals surface area (Å²) in [5.74, 6) is 2.28. The molecule has 3 aromatic rings. The molecule has 0 spiro atoms. The van der Waals surface area contributed by atoms with Crippen LogP contribution in [0.5, 0.6) is 5.75 Å². The summed E-state index contributed by atoms with van der Waals surface area (Å²) >= 11 is 0. The molecule has 2 aromatic carbocycles. The smallest absolute Gasteiger partial charge is 0.226 e. The summed E-state index contributed by atoms with van der Waals surface area (Å²) in [5, 5.41) is 0. The first-order valence-corrected chi connectivity index (χ1v) is 7.49. The summed E-state index contributed by atoms with van der Waals surface area (Å²) in [6.45, 7) is 4.46. The Morgan fingerprint density at radius 3 is 2.41 bits per heavy atom. The van der Waals surface area contributed by atoms with Gasteiger partial charge in [0.25, 0.3) is 0 Å². The van der Waals surface area contributed by atoms with Gasteiger partial charge < -0.3 is 9.15 Å².